The van der Waals surface area contributed by atoms with Gasteiger partial charge in [0.05, 0.1) is 11.2 Å². The van der Waals surface area contributed by atoms with E-state index in [0.29, 0.717) is 38.0 Å². The molecule has 2 N–H and O–H groups in total. The van der Waals surface area contributed by atoms with Gasteiger partial charge in [-0.15, -0.1) is 0 Å². The summed E-state index contributed by atoms with van der Waals surface area (Å²) < 4.78 is 19.5. The Balaban J connectivity index is 1.17. The maximum Gasteiger partial charge on any atom is 0.255 e. The molecule has 11 heteroatoms. The number of aliphatic hydroxyl groups is 1. The van der Waals surface area contributed by atoms with E-state index in [9.17, 15) is 23.9 Å². The zero-order chi connectivity index (χ0) is 28.2. The highest BCUT2D eigenvalue weighted by Gasteiger charge is 2.49. The average molecular weight is 548 g/mol. The van der Waals surface area contributed by atoms with E-state index < -0.39 is 28.8 Å². The highest BCUT2D eigenvalue weighted by molar-refractivity contribution is 6.05. The first-order valence-electron chi connectivity index (χ1n) is 13.3. The highest BCUT2D eigenvalue weighted by atomic mass is 19.1. The van der Waals surface area contributed by atoms with Crippen molar-refractivity contribution in [1.29, 1.82) is 0 Å². The maximum atomic E-state index is 14.7. The van der Waals surface area contributed by atoms with E-state index in [1.165, 1.54) is 11.0 Å². The molecule has 6 rings (SSSR count). The van der Waals surface area contributed by atoms with Gasteiger partial charge in [-0.1, -0.05) is 37.2 Å². The Morgan fingerprint density at radius 2 is 1.95 bits per heavy atom. The van der Waals surface area contributed by atoms with Crippen molar-refractivity contribution in [2.45, 2.75) is 57.8 Å². The number of carbonyl (C=O) groups is 3. The summed E-state index contributed by atoms with van der Waals surface area (Å²) in [5, 5.41) is 18.0. The third kappa shape index (κ3) is 4.39. The summed E-state index contributed by atoms with van der Waals surface area (Å²) in [6.45, 7) is 5.94. The summed E-state index contributed by atoms with van der Waals surface area (Å²) in [4.78, 5) is 44.7. The number of hydrogen-bond donors (Lipinski definition) is 2. The Bertz CT molecular complexity index is 1510. The second-order valence-electron chi connectivity index (χ2n) is 11.5. The number of nitrogens with zero attached hydrogens (tertiary/aromatic N) is 4. The molecule has 2 atom stereocenters. The summed E-state index contributed by atoms with van der Waals surface area (Å²) in [7, 11) is 0. The van der Waals surface area contributed by atoms with Crippen molar-refractivity contribution in [1.82, 2.24) is 25.3 Å². The van der Waals surface area contributed by atoms with E-state index >= 15 is 0 Å². The van der Waals surface area contributed by atoms with Gasteiger partial charge in [-0.3, -0.25) is 24.6 Å². The quantitative estimate of drug-likeness (QED) is 0.467. The molecule has 2 fully saturated rings. The van der Waals surface area contributed by atoms with Crippen LogP contribution < -0.4 is 5.32 Å². The number of hydrogen-bond acceptors (Lipinski definition) is 8. The number of halogens is 1. The van der Waals surface area contributed by atoms with Gasteiger partial charge >= 0.3 is 0 Å². The van der Waals surface area contributed by atoms with Crippen LogP contribution in [0.4, 0.5) is 4.39 Å². The molecule has 0 radical (unpaired) electrons. The molecule has 2 aromatic carbocycles. The Morgan fingerprint density at radius 3 is 2.65 bits per heavy atom. The number of rotatable bonds is 5. The fourth-order valence-corrected chi connectivity index (χ4v) is 6.31. The predicted octanol–water partition coefficient (Wildman–Crippen LogP) is 2.76. The molecule has 208 valence electrons. The standard InChI is InChI=1S/C29H30FN5O5/c1-28(2)15-34(13-17-3-5-21(22(30)11-17)25-31-16-40-33-25)10-9-29(28,39)19-4-6-20-18(12-19)14-35(27(20)38)23-7-8-24(36)32-26(23)37/h3-6,11-12,16,23,39H,7-10,13-15H2,1-2H3,(H,32,36,37). The monoisotopic (exact) mass is 547 g/mol. The first-order valence-corrected chi connectivity index (χ1v) is 13.3. The lowest BCUT2D eigenvalue weighted by atomic mass is 9.66. The minimum absolute atomic E-state index is 0.196. The number of nitrogens with one attached hydrogen (secondary N) is 1. The fourth-order valence-electron chi connectivity index (χ4n) is 6.31. The third-order valence-corrected chi connectivity index (χ3v) is 8.57. The molecule has 1 aromatic heterocycles. The van der Waals surface area contributed by atoms with Crippen molar-refractivity contribution in [2.75, 3.05) is 13.1 Å². The van der Waals surface area contributed by atoms with Crippen LogP contribution in [0.2, 0.25) is 0 Å². The molecule has 2 unspecified atom stereocenters. The van der Waals surface area contributed by atoms with Gasteiger partial charge in [0.15, 0.2) is 0 Å². The zero-order valence-electron chi connectivity index (χ0n) is 22.3. The van der Waals surface area contributed by atoms with Crippen LogP contribution in [0.1, 0.15) is 60.2 Å². The van der Waals surface area contributed by atoms with Crippen LogP contribution in [0.15, 0.2) is 47.3 Å². The van der Waals surface area contributed by atoms with Crippen LogP contribution in [-0.2, 0) is 28.3 Å². The maximum absolute atomic E-state index is 14.7. The summed E-state index contributed by atoms with van der Waals surface area (Å²) in [5.74, 6) is -1.24. The van der Waals surface area contributed by atoms with Crippen molar-refractivity contribution in [2.24, 2.45) is 5.41 Å². The fraction of sp³-hybridized carbons (Fsp3) is 0.414. The molecule has 0 aliphatic carbocycles. The van der Waals surface area contributed by atoms with Crippen LogP contribution >= 0.6 is 0 Å². The van der Waals surface area contributed by atoms with E-state index in [4.69, 9.17) is 4.52 Å². The van der Waals surface area contributed by atoms with E-state index in [0.717, 1.165) is 23.1 Å². The number of amides is 3. The van der Waals surface area contributed by atoms with E-state index in [1.807, 2.05) is 26.0 Å². The normalized spacial score (nSPS) is 24.8. The van der Waals surface area contributed by atoms with E-state index in [1.54, 1.807) is 18.2 Å². The molecule has 10 nitrogen and oxygen atoms in total. The molecule has 4 heterocycles. The average Bonchev–Trinajstić information content (AvgIpc) is 3.54. The van der Waals surface area contributed by atoms with Crippen LogP contribution in [0.5, 0.6) is 0 Å². The minimum atomic E-state index is -1.16. The minimum Gasteiger partial charge on any atom is -0.385 e. The van der Waals surface area contributed by atoms with Crippen LogP contribution in [0, 0.1) is 11.2 Å². The number of piperidine rings is 2. The third-order valence-electron chi connectivity index (χ3n) is 8.57. The molecular formula is C29H30FN5O5. The SMILES string of the molecule is CC1(C)CN(Cc2ccc(-c3ncon3)c(F)c2)CCC1(O)c1ccc2c(c1)CN(C1CCC(=O)NC1=O)C2=O. The van der Waals surface area contributed by atoms with Crippen molar-refractivity contribution >= 4 is 17.7 Å². The van der Waals surface area contributed by atoms with Crippen molar-refractivity contribution in [3.05, 3.63) is 70.9 Å². The number of fused-ring (bicyclic) bond motifs is 1. The van der Waals surface area contributed by atoms with Crippen molar-refractivity contribution in [3.63, 3.8) is 0 Å². The Kier molecular flexibility index (Phi) is 6.30. The van der Waals surface area contributed by atoms with Gasteiger partial charge in [0.2, 0.25) is 24.0 Å². The highest BCUT2D eigenvalue weighted by Crippen LogP contribution is 2.47. The summed E-state index contributed by atoms with van der Waals surface area (Å²) in [6, 6.07) is 9.68. The molecule has 3 aromatic rings. The van der Waals surface area contributed by atoms with E-state index in [-0.39, 0.29) is 36.2 Å². The largest absolute Gasteiger partial charge is 0.385 e. The van der Waals surface area contributed by atoms with Gasteiger partial charge in [-0.2, -0.15) is 4.98 Å². The van der Waals surface area contributed by atoms with E-state index in [2.05, 4.69) is 20.4 Å². The smallest absolute Gasteiger partial charge is 0.255 e. The van der Waals surface area contributed by atoms with Crippen molar-refractivity contribution < 1.29 is 28.4 Å². The lowest BCUT2D eigenvalue weighted by Gasteiger charge is -2.50. The predicted molar refractivity (Wildman–Crippen MR) is 140 cm³/mol. The van der Waals surface area contributed by atoms with Gasteiger partial charge in [0.1, 0.15) is 11.9 Å². The second kappa shape index (κ2) is 9.60. The van der Waals surface area contributed by atoms with Gasteiger partial charge in [0.25, 0.3) is 5.91 Å². The molecule has 0 bridgehead atoms. The van der Waals surface area contributed by atoms with Crippen LogP contribution in [-0.4, -0.2) is 61.9 Å². The number of imide groups is 1. The summed E-state index contributed by atoms with van der Waals surface area (Å²) in [5.41, 5.74) is 1.36. The number of benzene rings is 2. The Labute approximate surface area is 230 Å². The first kappa shape index (κ1) is 26.3. The first-order chi connectivity index (χ1) is 19.1. The molecule has 2 saturated heterocycles. The molecule has 3 amide bonds. The zero-order valence-corrected chi connectivity index (χ0v) is 22.3. The molecule has 40 heavy (non-hydrogen) atoms. The molecule has 0 saturated carbocycles. The van der Waals surface area contributed by atoms with Crippen molar-refractivity contribution in [3.8, 4) is 11.4 Å². The van der Waals surface area contributed by atoms with Gasteiger partial charge in [-0.25, -0.2) is 4.39 Å². The van der Waals surface area contributed by atoms with Crippen LogP contribution in [0.3, 0.4) is 0 Å². The summed E-state index contributed by atoms with van der Waals surface area (Å²) >= 11 is 0. The lowest BCUT2D eigenvalue weighted by molar-refractivity contribution is -0.136. The number of likely N-dealkylation sites (tertiary alicyclic amines) is 1. The van der Waals surface area contributed by atoms with Gasteiger partial charge in [0, 0.05) is 43.6 Å². The Hall–Kier alpha value is -3.96. The van der Waals surface area contributed by atoms with Gasteiger partial charge in [-0.05, 0) is 47.7 Å². The molecule has 0 spiro atoms. The molecular weight excluding hydrogens is 517 g/mol. The second-order valence-corrected chi connectivity index (χ2v) is 11.5. The van der Waals surface area contributed by atoms with Gasteiger partial charge < -0.3 is 14.5 Å². The summed E-state index contributed by atoms with van der Waals surface area (Å²) in [6.07, 6.45) is 2.11. The topological polar surface area (TPSA) is 129 Å². The lowest BCUT2D eigenvalue weighted by Crippen LogP contribution is -2.55. The molecule has 3 aliphatic rings. The Morgan fingerprint density at radius 1 is 1.15 bits per heavy atom. The number of carbonyl (C=O) groups excluding carboxylic acids is 3. The molecule has 3 aliphatic heterocycles. The van der Waals surface area contributed by atoms with Crippen LogP contribution in [0.25, 0.3) is 11.4 Å². The number of aromatic nitrogens is 2.